The van der Waals surface area contributed by atoms with Gasteiger partial charge in [0, 0.05) is 18.2 Å². The number of hydrogen-bond donors (Lipinski definition) is 1. The van der Waals surface area contributed by atoms with Crippen LogP contribution in [0, 0.1) is 5.92 Å². The van der Waals surface area contributed by atoms with Crippen LogP contribution in [0.2, 0.25) is 10.0 Å². The molecular weight excluding hydrogens is 335 g/mol. The molecule has 4 nitrogen and oxygen atoms in total. The van der Waals surface area contributed by atoms with Gasteiger partial charge in [-0.3, -0.25) is 9.59 Å². The number of piperidine rings is 1. The number of likely N-dealkylation sites (tertiary alicyclic amines) is 1. The normalized spacial score (nSPS) is 21.7. The molecule has 1 saturated carbocycles. The number of rotatable bonds is 3. The maximum atomic E-state index is 12.6. The Kier molecular flexibility index (Phi) is 5.12. The average molecular weight is 355 g/mol. The molecule has 1 unspecified atom stereocenters. The first-order valence-corrected chi connectivity index (χ1v) is 8.88. The fourth-order valence-electron chi connectivity index (χ4n) is 3.16. The lowest BCUT2D eigenvalue weighted by molar-refractivity contribution is -0.146. The molecule has 23 heavy (non-hydrogen) atoms. The molecule has 1 heterocycles. The molecule has 3 rings (SSSR count). The third-order valence-electron chi connectivity index (χ3n) is 4.73. The van der Waals surface area contributed by atoms with E-state index in [2.05, 4.69) is 5.32 Å². The lowest BCUT2D eigenvalue weighted by Gasteiger charge is -2.39. The second-order valence-electron chi connectivity index (χ2n) is 6.29. The van der Waals surface area contributed by atoms with Gasteiger partial charge in [0.25, 0.3) is 0 Å². The average Bonchev–Trinajstić information content (AvgIpc) is 2.49. The summed E-state index contributed by atoms with van der Waals surface area (Å²) in [6.07, 6.45) is 5.67. The highest BCUT2D eigenvalue weighted by atomic mass is 35.5. The van der Waals surface area contributed by atoms with E-state index in [1.54, 1.807) is 23.1 Å². The Labute approximate surface area is 146 Å². The Morgan fingerprint density at radius 3 is 2.48 bits per heavy atom. The number of amides is 2. The zero-order valence-electron chi connectivity index (χ0n) is 12.9. The summed E-state index contributed by atoms with van der Waals surface area (Å²) in [5.74, 6) is 0.120. The van der Waals surface area contributed by atoms with Crippen LogP contribution < -0.4 is 5.32 Å². The monoisotopic (exact) mass is 354 g/mol. The fourth-order valence-corrected chi connectivity index (χ4v) is 3.46. The Morgan fingerprint density at radius 1 is 1.04 bits per heavy atom. The summed E-state index contributed by atoms with van der Waals surface area (Å²) in [6.45, 7) is 0.675. The van der Waals surface area contributed by atoms with Crippen molar-refractivity contribution in [1.82, 2.24) is 4.90 Å². The largest absolute Gasteiger partial charge is 0.330 e. The van der Waals surface area contributed by atoms with Crippen LogP contribution in [0.1, 0.15) is 38.5 Å². The number of carbonyl (C=O) groups excluding carboxylic acids is 2. The Morgan fingerprint density at radius 2 is 1.83 bits per heavy atom. The van der Waals surface area contributed by atoms with Crippen LogP contribution in [0.4, 0.5) is 5.69 Å². The highest BCUT2D eigenvalue weighted by Gasteiger charge is 2.37. The summed E-state index contributed by atoms with van der Waals surface area (Å²) in [4.78, 5) is 27.0. The highest BCUT2D eigenvalue weighted by Crippen LogP contribution is 2.31. The van der Waals surface area contributed by atoms with Gasteiger partial charge in [0.2, 0.25) is 11.8 Å². The lowest BCUT2D eigenvalue weighted by Crippen LogP contribution is -2.52. The summed E-state index contributed by atoms with van der Waals surface area (Å²) in [5.41, 5.74) is 0.603. The minimum atomic E-state index is -0.383. The zero-order valence-corrected chi connectivity index (χ0v) is 14.4. The van der Waals surface area contributed by atoms with Gasteiger partial charge in [0.15, 0.2) is 0 Å². The van der Waals surface area contributed by atoms with Gasteiger partial charge in [-0.05, 0) is 50.3 Å². The van der Waals surface area contributed by atoms with Crippen LogP contribution in [-0.4, -0.2) is 29.3 Å². The van der Waals surface area contributed by atoms with Crippen molar-refractivity contribution >= 4 is 40.7 Å². The van der Waals surface area contributed by atoms with Crippen LogP contribution in [0.25, 0.3) is 0 Å². The number of carbonyl (C=O) groups is 2. The minimum absolute atomic E-state index is 0.119. The van der Waals surface area contributed by atoms with Crippen LogP contribution in [0.5, 0.6) is 0 Å². The van der Waals surface area contributed by atoms with E-state index in [0.29, 0.717) is 28.7 Å². The molecule has 2 aliphatic rings. The first-order valence-electron chi connectivity index (χ1n) is 8.12. The standard InChI is InChI=1S/C17H20Cl2N2O2/c18-13-8-7-12(10-14(13)19)20-16(22)15-6-1-2-9-21(15)17(23)11-4-3-5-11/h7-8,10-11,15H,1-6,9H2,(H,20,22). The zero-order chi connectivity index (χ0) is 16.4. The molecule has 1 atom stereocenters. The number of benzene rings is 1. The van der Waals surface area contributed by atoms with Crippen molar-refractivity contribution in [2.75, 3.05) is 11.9 Å². The number of nitrogens with one attached hydrogen (secondary N) is 1. The van der Waals surface area contributed by atoms with E-state index in [0.717, 1.165) is 32.1 Å². The maximum Gasteiger partial charge on any atom is 0.247 e. The van der Waals surface area contributed by atoms with Gasteiger partial charge >= 0.3 is 0 Å². The second-order valence-corrected chi connectivity index (χ2v) is 7.10. The third kappa shape index (κ3) is 3.64. The fraction of sp³-hybridized carbons (Fsp3) is 0.529. The molecule has 1 aliphatic carbocycles. The molecule has 0 bridgehead atoms. The van der Waals surface area contributed by atoms with Crippen molar-refractivity contribution in [3.63, 3.8) is 0 Å². The third-order valence-corrected chi connectivity index (χ3v) is 5.47. The Balaban J connectivity index is 1.70. The van der Waals surface area contributed by atoms with Crippen molar-refractivity contribution in [3.05, 3.63) is 28.2 Å². The van der Waals surface area contributed by atoms with Gasteiger partial charge in [-0.2, -0.15) is 0 Å². The van der Waals surface area contributed by atoms with Crippen LogP contribution in [0.3, 0.4) is 0 Å². The molecule has 0 spiro atoms. The van der Waals surface area contributed by atoms with Crippen molar-refractivity contribution in [3.8, 4) is 0 Å². The number of hydrogen-bond acceptors (Lipinski definition) is 2. The van der Waals surface area contributed by atoms with Crippen LogP contribution in [-0.2, 0) is 9.59 Å². The van der Waals surface area contributed by atoms with E-state index in [1.165, 1.54) is 0 Å². The molecule has 0 aromatic heterocycles. The van der Waals surface area contributed by atoms with Crippen LogP contribution >= 0.6 is 23.2 Å². The van der Waals surface area contributed by atoms with Crippen molar-refractivity contribution in [1.29, 1.82) is 0 Å². The van der Waals surface area contributed by atoms with E-state index in [9.17, 15) is 9.59 Å². The first kappa shape index (κ1) is 16.6. The number of anilines is 1. The summed E-state index contributed by atoms with van der Waals surface area (Å²) in [6, 6.07) is 4.61. The van der Waals surface area contributed by atoms with Crippen molar-refractivity contribution in [2.24, 2.45) is 5.92 Å². The molecule has 1 saturated heterocycles. The summed E-state index contributed by atoms with van der Waals surface area (Å²) in [7, 11) is 0. The summed E-state index contributed by atoms with van der Waals surface area (Å²) < 4.78 is 0. The number of halogens is 2. The summed E-state index contributed by atoms with van der Waals surface area (Å²) >= 11 is 11.9. The lowest BCUT2D eigenvalue weighted by atomic mass is 9.83. The smallest absolute Gasteiger partial charge is 0.247 e. The maximum absolute atomic E-state index is 12.6. The SMILES string of the molecule is O=C(Nc1ccc(Cl)c(Cl)c1)C1CCCCN1C(=O)C1CCC1. The van der Waals surface area contributed by atoms with Gasteiger partial charge in [-0.25, -0.2) is 0 Å². The predicted molar refractivity (Wildman–Crippen MR) is 91.8 cm³/mol. The van der Waals surface area contributed by atoms with E-state index in [-0.39, 0.29) is 23.8 Å². The van der Waals surface area contributed by atoms with E-state index in [4.69, 9.17) is 23.2 Å². The van der Waals surface area contributed by atoms with Gasteiger partial charge in [0.1, 0.15) is 6.04 Å². The summed E-state index contributed by atoms with van der Waals surface area (Å²) in [5, 5.41) is 3.71. The molecule has 2 fully saturated rings. The second kappa shape index (κ2) is 7.10. The van der Waals surface area contributed by atoms with E-state index >= 15 is 0 Å². The molecular formula is C17H20Cl2N2O2. The molecule has 6 heteroatoms. The van der Waals surface area contributed by atoms with Gasteiger partial charge in [-0.1, -0.05) is 29.6 Å². The van der Waals surface area contributed by atoms with E-state index < -0.39 is 0 Å². The van der Waals surface area contributed by atoms with Crippen LogP contribution in [0.15, 0.2) is 18.2 Å². The predicted octanol–water partition coefficient (Wildman–Crippen LogP) is 4.11. The van der Waals surface area contributed by atoms with Crippen molar-refractivity contribution < 1.29 is 9.59 Å². The topological polar surface area (TPSA) is 49.4 Å². The minimum Gasteiger partial charge on any atom is -0.330 e. The molecule has 1 aromatic rings. The van der Waals surface area contributed by atoms with E-state index in [1.807, 2.05) is 0 Å². The molecule has 124 valence electrons. The number of nitrogens with zero attached hydrogens (tertiary/aromatic N) is 1. The molecule has 1 aliphatic heterocycles. The van der Waals surface area contributed by atoms with Crippen molar-refractivity contribution in [2.45, 2.75) is 44.6 Å². The molecule has 1 N–H and O–H groups in total. The molecule has 0 radical (unpaired) electrons. The van der Waals surface area contributed by atoms with Gasteiger partial charge in [0.05, 0.1) is 10.0 Å². The quantitative estimate of drug-likeness (QED) is 0.887. The Bertz CT molecular complexity index is 617. The van der Waals surface area contributed by atoms with Gasteiger partial charge < -0.3 is 10.2 Å². The van der Waals surface area contributed by atoms with Gasteiger partial charge in [-0.15, -0.1) is 0 Å². The molecule has 2 amide bonds. The molecule has 1 aromatic carbocycles. The first-order chi connectivity index (χ1) is 11.1. The Hall–Kier alpha value is -1.26. The highest BCUT2D eigenvalue weighted by molar-refractivity contribution is 6.42.